The smallest absolute Gasteiger partial charge is 0.0457 e. The monoisotopic (exact) mass is 350 g/mol. The Bertz CT molecular complexity index is 824. The summed E-state index contributed by atoms with van der Waals surface area (Å²) in [5.74, 6) is 0. The molecule has 1 atom stereocenters. The molecular formula is C22H26N2S. The Morgan fingerprint density at radius 1 is 1.16 bits per heavy atom. The number of hydrogen-bond donors (Lipinski definition) is 1. The van der Waals surface area contributed by atoms with Crippen molar-refractivity contribution in [2.24, 2.45) is 0 Å². The number of likely N-dealkylation sites (tertiary alicyclic amines) is 1. The van der Waals surface area contributed by atoms with Gasteiger partial charge in [0.1, 0.15) is 0 Å². The van der Waals surface area contributed by atoms with Crippen molar-refractivity contribution in [2.45, 2.75) is 36.6 Å². The van der Waals surface area contributed by atoms with Gasteiger partial charge in [-0.1, -0.05) is 30.3 Å². The van der Waals surface area contributed by atoms with E-state index in [0.717, 1.165) is 12.8 Å². The number of nitrogens with zero attached hydrogens (tertiary/aromatic N) is 1. The standard InChI is InChI=1S/C22H26N2S/c1-25-20-9-10-22-21(15-20)18(16-23-22)14-19-8-5-12-24(19)13-11-17-6-3-2-4-7-17/h2-4,6-7,9-10,15-16,19,23H,5,8,11-14H2,1H3/t19-/m1/s1. The van der Waals surface area contributed by atoms with Gasteiger partial charge in [0.05, 0.1) is 0 Å². The minimum Gasteiger partial charge on any atom is -0.361 e. The lowest BCUT2D eigenvalue weighted by Crippen LogP contribution is -2.32. The normalized spacial score (nSPS) is 18.2. The Balaban J connectivity index is 1.46. The van der Waals surface area contributed by atoms with Crippen molar-refractivity contribution >= 4 is 22.7 Å². The van der Waals surface area contributed by atoms with Crippen LogP contribution in [0.15, 0.2) is 59.6 Å². The van der Waals surface area contributed by atoms with Crippen LogP contribution in [-0.4, -0.2) is 35.3 Å². The molecule has 2 nitrogen and oxygen atoms in total. The molecule has 0 saturated carbocycles. The summed E-state index contributed by atoms with van der Waals surface area (Å²) in [5, 5.41) is 1.40. The van der Waals surface area contributed by atoms with Crippen molar-refractivity contribution in [3.63, 3.8) is 0 Å². The highest BCUT2D eigenvalue weighted by Gasteiger charge is 2.25. The maximum Gasteiger partial charge on any atom is 0.0457 e. The number of fused-ring (bicyclic) bond motifs is 1. The summed E-state index contributed by atoms with van der Waals surface area (Å²) in [6.45, 7) is 2.42. The summed E-state index contributed by atoms with van der Waals surface area (Å²) in [4.78, 5) is 7.50. The zero-order valence-corrected chi connectivity index (χ0v) is 15.7. The lowest BCUT2D eigenvalue weighted by Gasteiger charge is -2.24. The molecule has 0 amide bonds. The summed E-state index contributed by atoms with van der Waals surface area (Å²) in [6, 6.07) is 18.3. The van der Waals surface area contributed by atoms with Crippen LogP contribution in [0.4, 0.5) is 0 Å². The average Bonchev–Trinajstić information content (AvgIpc) is 3.28. The average molecular weight is 351 g/mol. The molecule has 1 aliphatic rings. The fourth-order valence-electron chi connectivity index (χ4n) is 4.05. The summed E-state index contributed by atoms with van der Waals surface area (Å²) in [6.07, 6.45) is 9.34. The van der Waals surface area contributed by atoms with Gasteiger partial charge < -0.3 is 4.98 Å². The molecule has 25 heavy (non-hydrogen) atoms. The molecule has 0 bridgehead atoms. The highest BCUT2D eigenvalue weighted by molar-refractivity contribution is 7.98. The van der Waals surface area contributed by atoms with E-state index in [9.17, 15) is 0 Å². The van der Waals surface area contributed by atoms with Crippen LogP contribution < -0.4 is 0 Å². The second kappa shape index (κ2) is 7.67. The Kier molecular flexibility index (Phi) is 5.14. The number of rotatable bonds is 6. The lowest BCUT2D eigenvalue weighted by molar-refractivity contribution is 0.256. The van der Waals surface area contributed by atoms with Gasteiger partial charge in [-0.25, -0.2) is 0 Å². The zero-order chi connectivity index (χ0) is 17.1. The third kappa shape index (κ3) is 3.78. The molecule has 1 aromatic heterocycles. The van der Waals surface area contributed by atoms with Crippen LogP contribution in [0.25, 0.3) is 10.9 Å². The number of H-pyrrole nitrogens is 1. The molecular weight excluding hydrogens is 324 g/mol. The van der Waals surface area contributed by atoms with Crippen LogP contribution in [0.5, 0.6) is 0 Å². The number of benzene rings is 2. The molecule has 1 aliphatic heterocycles. The van der Waals surface area contributed by atoms with E-state index < -0.39 is 0 Å². The quantitative estimate of drug-likeness (QED) is 0.621. The summed E-state index contributed by atoms with van der Waals surface area (Å²) in [7, 11) is 0. The van der Waals surface area contributed by atoms with Gasteiger partial charge in [-0.2, -0.15) is 0 Å². The van der Waals surface area contributed by atoms with Gasteiger partial charge in [0.15, 0.2) is 0 Å². The number of nitrogens with one attached hydrogen (secondary N) is 1. The molecule has 1 fully saturated rings. The second-order valence-electron chi connectivity index (χ2n) is 7.00. The van der Waals surface area contributed by atoms with Gasteiger partial charge in [-0.15, -0.1) is 11.8 Å². The second-order valence-corrected chi connectivity index (χ2v) is 7.88. The van der Waals surface area contributed by atoms with Crippen LogP contribution in [0.2, 0.25) is 0 Å². The molecule has 0 unspecified atom stereocenters. The molecule has 1 N–H and O–H groups in total. The van der Waals surface area contributed by atoms with Crippen LogP contribution in [0.3, 0.4) is 0 Å². The molecule has 4 rings (SSSR count). The van der Waals surface area contributed by atoms with E-state index in [4.69, 9.17) is 0 Å². The number of aromatic nitrogens is 1. The first-order valence-corrected chi connectivity index (χ1v) is 10.5. The Morgan fingerprint density at radius 3 is 2.88 bits per heavy atom. The molecule has 0 aliphatic carbocycles. The number of hydrogen-bond acceptors (Lipinski definition) is 2. The van der Waals surface area contributed by atoms with Gasteiger partial charge in [0.2, 0.25) is 0 Å². The highest BCUT2D eigenvalue weighted by Crippen LogP contribution is 2.28. The summed E-state index contributed by atoms with van der Waals surface area (Å²) < 4.78 is 0. The predicted molar refractivity (Wildman–Crippen MR) is 109 cm³/mol. The minimum absolute atomic E-state index is 0.681. The minimum atomic E-state index is 0.681. The van der Waals surface area contributed by atoms with E-state index in [2.05, 4.69) is 70.9 Å². The number of aromatic amines is 1. The Hall–Kier alpha value is -1.71. The van der Waals surface area contributed by atoms with Crippen LogP contribution >= 0.6 is 11.8 Å². The third-order valence-corrected chi connectivity index (χ3v) is 6.19. The van der Waals surface area contributed by atoms with Gasteiger partial charge in [0.25, 0.3) is 0 Å². The van der Waals surface area contributed by atoms with E-state index in [1.807, 2.05) is 11.8 Å². The van der Waals surface area contributed by atoms with E-state index >= 15 is 0 Å². The molecule has 2 aromatic carbocycles. The molecule has 3 heteroatoms. The Morgan fingerprint density at radius 2 is 2.04 bits per heavy atom. The predicted octanol–water partition coefficient (Wildman–Crippen LogP) is 5.14. The topological polar surface area (TPSA) is 19.0 Å². The maximum atomic E-state index is 3.46. The summed E-state index contributed by atoms with van der Waals surface area (Å²) >= 11 is 1.82. The Labute approximate surface area is 154 Å². The van der Waals surface area contributed by atoms with Gasteiger partial charge in [-0.05, 0) is 67.8 Å². The van der Waals surface area contributed by atoms with Crippen LogP contribution in [0.1, 0.15) is 24.0 Å². The molecule has 3 aromatic rings. The van der Waals surface area contributed by atoms with Crippen LogP contribution in [0, 0.1) is 0 Å². The molecule has 0 spiro atoms. The van der Waals surface area contributed by atoms with E-state index in [1.54, 1.807) is 0 Å². The fourth-order valence-corrected chi connectivity index (χ4v) is 4.49. The first-order chi connectivity index (χ1) is 12.3. The van der Waals surface area contributed by atoms with Crippen molar-refractivity contribution in [3.05, 3.63) is 65.9 Å². The lowest BCUT2D eigenvalue weighted by atomic mass is 10.0. The number of thioether (sulfide) groups is 1. The third-order valence-electron chi connectivity index (χ3n) is 5.46. The largest absolute Gasteiger partial charge is 0.361 e. The van der Waals surface area contributed by atoms with Crippen LogP contribution in [-0.2, 0) is 12.8 Å². The fraction of sp³-hybridized carbons (Fsp3) is 0.364. The molecule has 1 saturated heterocycles. The first-order valence-electron chi connectivity index (χ1n) is 9.25. The molecule has 0 radical (unpaired) electrons. The van der Waals surface area contributed by atoms with Crippen molar-refractivity contribution in [2.75, 3.05) is 19.3 Å². The van der Waals surface area contributed by atoms with Crippen molar-refractivity contribution in [1.82, 2.24) is 9.88 Å². The van der Waals surface area contributed by atoms with E-state index in [-0.39, 0.29) is 0 Å². The van der Waals surface area contributed by atoms with Crippen molar-refractivity contribution < 1.29 is 0 Å². The SMILES string of the molecule is CSc1ccc2[nH]cc(C[C@H]3CCCN3CCc3ccccc3)c2c1. The van der Waals surface area contributed by atoms with Gasteiger partial charge in [-0.3, -0.25) is 4.90 Å². The van der Waals surface area contributed by atoms with Gasteiger partial charge in [0, 0.05) is 34.6 Å². The van der Waals surface area contributed by atoms with Crippen molar-refractivity contribution in [1.29, 1.82) is 0 Å². The van der Waals surface area contributed by atoms with Gasteiger partial charge >= 0.3 is 0 Å². The summed E-state index contributed by atoms with van der Waals surface area (Å²) in [5.41, 5.74) is 4.19. The van der Waals surface area contributed by atoms with E-state index in [0.29, 0.717) is 6.04 Å². The zero-order valence-electron chi connectivity index (χ0n) is 14.9. The maximum absolute atomic E-state index is 3.46. The highest BCUT2D eigenvalue weighted by atomic mass is 32.2. The molecule has 2 heterocycles. The van der Waals surface area contributed by atoms with Crippen molar-refractivity contribution in [3.8, 4) is 0 Å². The molecule has 130 valence electrons. The van der Waals surface area contributed by atoms with E-state index in [1.165, 1.54) is 52.9 Å². The first kappa shape index (κ1) is 16.7.